The molecule has 5 fully saturated rings. The van der Waals surface area contributed by atoms with Gasteiger partial charge in [0, 0.05) is 32.7 Å². The number of carbonyl (C=O) groups is 2. The second-order valence-corrected chi connectivity index (χ2v) is 9.54. The van der Waals surface area contributed by atoms with E-state index in [1.54, 1.807) is 0 Å². The molecule has 2 spiro atoms. The molecule has 3 aliphatic heterocycles. The number of esters is 1. The molecular weight excluding hydrogens is 344 g/mol. The van der Waals surface area contributed by atoms with E-state index in [-0.39, 0.29) is 29.8 Å². The molecule has 5 rings (SSSR count). The van der Waals surface area contributed by atoms with Gasteiger partial charge in [0.1, 0.15) is 5.60 Å². The van der Waals surface area contributed by atoms with Crippen LogP contribution in [0.4, 0.5) is 0 Å². The predicted molar refractivity (Wildman–Crippen MR) is 99.1 cm³/mol. The summed E-state index contributed by atoms with van der Waals surface area (Å²) in [6, 6.07) is 0. The summed E-state index contributed by atoms with van der Waals surface area (Å²) in [4.78, 5) is 29.8. The molecule has 0 radical (unpaired) electrons. The molecule has 0 bridgehead atoms. The van der Waals surface area contributed by atoms with Crippen molar-refractivity contribution in [1.29, 1.82) is 0 Å². The Morgan fingerprint density at radius 3 is 2.52 bits per heavy atom. The van der Waals surface area contributed by atoms with E-state index >= 15 is 0 Å². The Bertz CT molecular complexity index is 603. The van der Waals surface area contributed by atoms with E-state index in [2.05, 4.69) is 4.90 Å². The number of piperidine rings is 1. The minimum Gasteiger partial charge on any atom is -0.458 e. The highest BCUT2D eigenvalue weighted by Crippen LogP contribution is 2.46. The third-order valence-corrected chi connectivity index (χ3v) is 7.60. The van der Waals surface area contributed by atoms with Gasteiger partial charge in [0.2, 0.25) is 5.91 Å². The summed E-state index contributed by atoms with van der Waals surface area (Å²) in [5.74, 6) is 0.600. The van der Waals surface area contributed by atoms with Crippen molar-refractivity contribution in [1.82, 2.24) is 9.80 Å². The molecule has 5 aliphatic rings. The van der Waals surface area contributed by atoms with Crippen LogP contribution in [0.2, 0.25) is 0 Å². The lowest BCUT2D eigenvalue weighted by Crippen LogP contribution is -2.58. The third-order valence-electron chi connectivity index (χ3n) is 7.60. The van der Waals surface area contributed by atoms with E-state index in [9.17, 15) is 9.59 Å². The quantitative estimate of drug-likeness (QED) is 0.705. The van der Waals surface area contributed by atoms with Crippen molar-refractivity contribution >= 4 is 11.9 Å². The third kappa shape index (κ3) is 3.39. The van der Waals surface area contributed by atoms with Gasteiger partial charge in [-0.1, -0.05) is 0 Å². The molecule has 2 aliphatic carbocycles. The molecule has 6 heteroatoms. The Labute approximate surface area is 161 Å². The second-order valence-electron chi connectivity index (χ2n) is 9.54. The van der Waals surface area contributed by atoms with Crippen molar-refractivity contribution in [3.63, 3.8) is 0 Å². The van der Waals surface area contributed by atoms with Crippen LogP contribution in [-0.4, -0.2) is 72.2 Å². The predicted octanol–water partition coefficient (Wildman–Crippen LogP) is 1.97. The largest absolute Gasteiger partial charge is 0.458 e. The summed E-state index contributed by atoms with van der Waals surface area (Å²) < 4.78 is 11.9. The lowest BCUT2D eigenvalue weighted by Gasteiger charge is -2.48. The fourth-order valence-corrected chi connectivity index (χ4v) is 5.83. The Balaban J connectivity index is 1.21. The number of hydrogen-bond donors (Lipinski definition) is 0. The van der Waals surface area contributed by atoms with Crippen LogP contribution >= 0.6 is 0 Å². The fraction of sp³-hybridized carbons (Fsp3) is 0.905. The Morgan fingerprint density at radius 1 is 1.07 bits per heavy atom. The first-order chi connectivity index (χ1) is 13.1. The van der Waals surface area contributed by atoms with E-state index in [1.165, 1.54) is 19.4 Å². The molecular formula is C21H32N2O4. The Kier molecular flexibility index (Phi) is 4.47. The van der Waals surface area contributed by atoms with E-state index in [4.69, 9.17) is 9.47 Å². The maximum atomic E-state index is 13.2. The highest BCUT2D eigenvalue weighted by atomic mass is 16.6. The summed E-state index contributed by atoms with van der Waals surface area (Å²) in [5, 5.41) is 0. The van der Waals surface area contributed by atoms with Gasteiger partial charge in [-0.25, -0.2) is 0 Å². The van der Waals surface area contributed by atoms with Crippen LogP contribution in [0.25, 0.3) is 0 Å². The van der Waals surface area contributed by atoms with Crippen LogP contribution in [0.3, 0.4) is 0 Å². The molecule has 3 heterocycles. The van der Waals surface area contributed by atoms with Gasteiger partial charge in [-0.3, -0.25) is 14.5 Å². The molecule has 3 saturated heterocycles. The number of amides is 1. The Morgan fingerprint density at radius 2 is 1.81 bits per heavy atom. The molecule has 27 heavy (non-hydrogen) atoms. The zero-order valence-corrected chi connectivity index (χ0v) is 16.3. The first kappa shape index (κ1) is 17.9. The number of ether oxygens (including phenoxy) is 2. The van der Waals surface area contributed by atoms with Gasteiger partial charge in [0.15, 0.2) is 0 Å². The van der Waals surface area contributed by atoms with Gasteiger partial charge in [0.05, 0.1) is 24.5 Å². The second kappa shape index (κ2) is 6.73. The molecule has 0 aromatic carbocycles. The first-order valence-electron chi connectivity index (χ1n) is 10.9. The number of hydrogen-bond acceptors (Lipinski definition) is 5. The van der Waals surface area contributed by atoms with Crippen molar-refractivity contribution in [3.8, 4) is 0 Å². The smallest absolute Gasteiger partial charge is 0.307 e. The highest BCUT2D eigenvalue weighted by molar-refractivity contribution is 5.88. The lowest BCUT2D eigenvalue weighted by molar-refractivity contribution is -0.158. The van der Waals surface area contributed by atoms with Gasteiger partial charge >= 0.3 is 5.97 Å². The minimum absolute atomic E-state index is 0.0725. The van der Waals surface area contributed by atoms with E-state index in [0.717, 1.165) is 77.2 Å². The highest BCUT2D eigenvalue weighted by Gasteiger charge is 2.55. The molecule has 0 aromatic rings. The van der Waals surface area contributed by atoms with Crippen molar-refractivity contribution in [2.24, 2.45) is 11.8 Å². The summed E-state index contributed by atoms with van der Waals surface area (Å²) in [5.41, 5.74) is -0.567. The average molecular weight is 376 g/mol. The molecule has 1 atom stereocenters. The van der Waals surface area contributed by atoms with Gasteiger partial charge in [-0.05, 0) is 57.3 Å². The van der Waals surface area contributed by atoms with Crippen LogP contribution in [-0.2, 0) is 19.1 Å². The number of rotatable bonds is 3. The summed E-state index contributed by atoms with van der Waals surface area (Å²) in [6.45, 7) is 5.59. The summed E-state index contributed by atoms with van der Waals surface area (Å²) in [7, 11) is 0. The summed E-state index contributed by atoms with van der Waals surface area (Å²) in [6.07, 6.45) is 8.69. The molecule has 0 aromatic heterocycles. The topological polar surface area (TPSA) is 59.1 Å². The van der Waals surface area contributed by atoms with Crippen molar-refractivity contribution in [3.05, 3.63) is 0 Å². The Hall–Kier alpha value is -1.14. The number of carbonyl (C=O) groups excluding carboxylic acids is 2. The molecule has 1 amide bonds. The first-order valence-corrected chi connectivity index (χ1v) is 10.9. The van der Waals surface area contributed by atoms with E-state index in [0.29, 0.717) is 0 Å². The van der Waals surface area contributed by atoms with Gasteiger partial charge < -0.3 is 14.4 Å². The van der Waals surface area contributed by atoms with Crippen LogP contribution in [0.5, 0.6) is 0 Å². The van der Waals surface area contributed by atoms with Crippen molar-refractivity contribution in [2.75, 3.05) is 39.3 Å². The maximum Gasteiger partial charge on any atom is 0.307 e. The number of nitrogens with zero attached hydrogens (tertiary/aromatic N) is 2. The summed E-state index contributed by atoms with van der Waals surface area (Å²) >= 11 is 0. The lowest BCUT2D eigenvalue weighted by atomic mass is 9.83. The zero-order chi connectivity index (χ0) is 18.5. The molecule has 150 valence electrons. The van der Waals surface area contributed by atoms with E-state index in [1.807, 2.05) is 4.90 Å². The SMILES string of the molecule is O=C1CC(C(=O)N2CCC3(CC2)CN(CC2CC2)CCO3)C2(CCCC2)O1. The molecule has 2 saturated carbocycles. The normalized spacial score (nSPS) is 33.0. The molecule has 6 nitrogen and oxygen atoms in total. The van der Waals surface area contributed by atoms with Crippen LogP contribution in [0.15, 0.2) is 0 Å². The zero-order valence-electron chi connectivity index (χ0n) is 16.3. The van der Waals surface area contributed by atoms with Crippen LogP contribution in [0.1, 0.15) is 57.8 Å². The van der Waals surface area contributed by atoms with Crippen molar-refractivity contribution < 1.29 is 19.1 Å². The maximum absolute atomic E-state index is 13.2. The standard InChI is InChI=1S/C21H32N2O4/c24-18-13-17(21(27-18)5-1-2-6-21)19(25)23-9-7-20(8-10-23)15-22(11-12-26-20)14-16-3-4-16/h16-17H,1-15H2. The molecule has 1 unspecified atom stereocenters. The van der Waals surface area contributed by atoms with Gasteiger partial charge in [0.25, 0.3) is 0 Å². The van der Waals surface area contributed by atoms with Crippen LogP contribution in [0, 0.1) is 11.8 Å². The number of morpholine rings is 1. The van der Waals surface area contributed by atoms with Gasteiger partial charge in [-0.15, -0.1) is 0 Å². The minimum atomic E-state index is -0.494. The number of likely N-dealkylation sites (tertiary alicyclic amines) is 1. The van der Waals surface area contributed by atoms with E-state index < -0.39 is 5.60 Å². The fourth-order valence-electron chi connectivity index (χ4n) is 5.83. The van der Waals surface area contributed by atoms with Gasteiger partial charge in [-0.2, -0.15) is 0 Å². The average Bonchev–Trinajstić information content (AvgIpc) is 3.24. The monoisotopic (exact) mass is 376 g/mol. The van der Waals surface area contributed by atoms with Crippen molar-refractivity contribution in [2.45, 2.75) is 69.0 Å². The molecule has 0 N–H and O–H groups in total. The van der Waals surface area contributed by atoms with Crippen LogP contribution < -0.4 is 0 Å².